The third-order valence-corrected chi connectivity index (χ3v) is 3.88. The van der Waals surface area contributed by atoms with E-state index in [9.17, 15) is 14.7 Å². The topological polar surface area (TPSA) is 78.4 Å². The molecule has 0 aliphatic rings. The Morgan fingerprint density at radius 1 is 1.04 bits per heavy atom. The van der Waals surface area contributed by atoms with Gasteiger partial charge in [0.05, 0.1) is 5.69 Å². The van der Waals surface area contributed by atoms with E-state index in [1.807, 2.05) is 32.9 Å². The molecule has 5 heteroatoms. The van der Waals surface area contributed by atoms with E-state index in [4.69, 9.17) is 0 Å². The molecular formula is C20H24N2O3. The molecule has 0 saturated heterocycles. The minimum absolute atomic E-state index is 0.00984. The molecule has 0 spiro atoms. The Morgan fingerprint density at radius 3 is 2.32 bits per heavy atom. The van der Waals surface area contributed by atoms with Gasteiger partial charge in [-0.15, -0.1) is 0 Å². The lowest BCUT2D eigenvalue weighted by atomic mass is 10.0. The van der Waals surface area contributed by atoms with Crippen molar-refractivity contribution in [3.05, 3.63) is 59.7 Å². The lowest BCUT2D eigenvalue weighted by Crippen LogP contribution is -2.44. The Labute approximate surface area is 148 Å². The molecule has 1 atom stereocenters. The third-order valence-electron chi connectivity index (χ3n) is 3.88. The Morgan fingerprint density at radius 2 is 1.68 bits per heavy atom. The maximum Gasteiger partial charge on any atom is 0.252 e. The van der Waals surface area contributed by atoms with Gasteiger partial charge in [-0.05, 0) is 43.0 Å². The summed E-state index contributed by atoms with van der Waals surface area (Å²) in [5.74, 6) is -0.421. The van der Waals surface area contributed by atoms with Crippen LogP contribution in [0.4, 0.5) is 5.69 Å². The van der Waals surface area contributed by atoms with Crippen molar-refractivity contribution in [3.63, 3.8) is 0 Å². The number of anilines is 1. The van der Waals surface area contributed by atoms with E-state index in [1.54, 1.807) is 30.3 Å². The van der Waals surface area contributed by atoms with Crippen LogP contribution in [0.1, 0.15) is 36.2 Å². The summed E-state index contributed by atoms with van der Waals surface area (Å²) in [6.45, 7) is 5.83. The fraction of sp³-hybridized carbons (Fsp3) is 0.300. The second-order valence-electron chi connectivity index (χ2n) is 6.48. The van der Waals surface area contributed by atoms with Crippen LogP contribution in [0, 0.1) is 12.8 Å². The Kier molecular flexibility index (Phi) is 6.17. The van der Waals surface area contributed by atoms with Crippen LogP contribution in [0.3, 0.4) is 0 Å². The zero-order valence-corrected chi connectivity index (χ0v) is 14.7. The highest BCUT2D eigenvalue weighted by Gasteiger charge is 2.23. The number of aryl methyl sites for hydroxylation is 1. The molecule has 25 heavy (non-hydrogen) atoms. The largest absolute Gasteiger partial charge is 0.506 e. The molecule has 3 N–H and O–H groups in total. The Bertz CT molecular complexity index is 756. The molecule has 0 aliphatic heterocycles. The van der Waals surface area contributed by atoms with Crippen molar-refractivity contribution in [3.8, 4) is 5.75 Å². The first-order valence-corrected chi connectivity index (χ1v) is 8.34. The van der Waals surface area contributed by atoms with Gasteiger partial charge in [0.15, 0.2) is 0 Å². The highest BCUT2D eigenvalue weighted by molar-refractivity contribution is 6.02. The maximum atomic E-state index is 12.6. The van der Waals surface area contributed by atoms with Crippen molar-refractivity contribution in [2.75, 3.05) is 5.32 Å². The lowest BCUT2D eigenvalue weighted by Gasteiger charge is -2.21. The Balaban J connectivity index is 2.15. The number of amides is 2. The summed E-state index contributed by atoms with van der Waals surface area (Å²) < 4.78 is 0. The van der Waals surface area contributed by atoms with Crippen molar-refractivity contribution >= 4 is 17.5 Å². The van der Waals surface area contributed by atoms with Crippen LogP contribution in [0.25, 0.3) is 0 Å². The molecule has 0 aromatic heterocycles. The molecule has 0 radical (unpaired) electrons. The second kappa shape index (κ2) is 8.33. The van der Waals surface area contributed by atoms with Crippen molar-refractivity contribution in [2.45, 2.75) is 33.2 Å². The van der Waals surface area contributed by atoms with Crippen LogP contribution >= 0.6 is 0 Å². The summed E-state index contributed by atoms with van der Waals surface area (Å²) in [5, 5.41) is 15.3. The molecule has 132 valence electrons. The molecular weight excluding hydrogens is 316 g/mol. The summed E-state index contributed by atoms with van der Waals surface area (Å²) in [5.41, 5.74) is 1.72. The van der Waals surface area contributed by atoms with Crippen LogP contribution in [0.2, 0.25) is 0 Å². The van der Waals surface area contributed by atoms with E-state index < -0.39 is 6.04 Å². The normalized spacial score (nSPS) is 11.8. The highest BCUT2D eigenvalue weighted by atomic mass is 16.3. The zero-order chi connectivity index (χ0) is 18.4. The van der Waals surface area contributed by atoms with Gasteiger partial charge in [-0.2, -0.15) is 0 Å². The number of carbonyl (C=O) groups is 2. The molecule has 0 heterocycles. The summed E-state index contributed by atoms with van der Waals surface area (Å²) in [6, 6.07) is 13.1. The predicted molar refractivity (Wildman–Crippen MR) is 98.6 cm³/mol. The number of para-hydroxylation sites is 2. The summed E-state index contributed by atoms with van der Waals surface area (Å²) in [7, 11) is 0. The average molecular weight is 340 g/mol. The first-order chi connectivity index (χ1) is 11.9. The fourth-order valence-electron chi connectivity index (χ4n) is 2.57. The summed E-state index contributed by atoms with van der Waals surface area (Å²) >= 11 is 0. The van der Waals surface area contributed by atoms with Crippen LogP contribution in [-0.2, 0) is 4.79 Å². The molecule has 2 amide bonds. The first-order valence-electron chi connectivity index (χ1n) is 8.34. The minimum Gasteiger partial charge on any atom is -0.506 e. The third kappa shape index (κ3) is 5.08. The van der Waals surface area contributed by atoms with E-state index in [2.05, 4.69) is 10.6 Å². The monoisotopic (exact) mass is 340 g/mol. The molecule has 0 bridgehead atoms. The number of phenols is 1. The van der Waals surface area contributed by atoms with Crippen LogP contribution < -0.4 is 10.6 Å². The van der Waals surface area contributed by atoms with Gasteiger partial charge in [0.1, 0.15) is 11.8 Å². The molecule has 1 unspecified atom stereocenters. The molecule has 0 saturated carbocycles. The van der Waals surface area contributed by atoms with Crippen LogP contribution in [0.5, 0.6) is 5.75 Å². The van der Waals surface area contributed by atoms with Crippen molar-refractivity contribution in [1.29, 1.82) is 0 Å². The average Bonchev–Trinajstić information content (AvgIpc) is 2.56. The zero-order valence-electron chi connectivity index (χ0n) is 14.7. The van der Waals surface area contributed by atoms with Gasteiger partial charge in [-0.1, -0.05) is 44.2 Å². The smallest absolute Gasteiger partial charge is 0.252 e. The van der Waals surface area contributed by atoms with Gasteiger partial charge in [-0.25, -0.2) is 0 Å². The number of phenolic OH excluding ortho intramolecular Hbond substituents is 1. The molecule has 2 aromatic rings. The van der Waals surface area contributed by atoms with Gasteiger partial charge in [0, 0.05) is 5.56 Å². The van der Waals surface area contributed by atoms with Crippen molar-refractivity contribution in [2.24, 2.45) is 5.92 Å². The van der Waals surface area contributed by atoms with E-state index in [-0.39, 0.29) is 23.5 Å². The van der Waals surface area contributed by atoms with Gasteiger partial charge in [0.2, 0.25) is 5.91 Å². The van der Waals surface area contributed by atoms with E-state index in [0.717, 1.165) is 5.56 Å². The van der Waals surface area contributed by atoms with Gasteiger partial charge < -0.3 is 15.7 Å². The predicted octanol–water partition coefficient (Wildman–Crippen LogP) is 3.48. The quantitative estimate of drug-likeness (QED) is 0.705. The Hall–Kier alpha value is -2.82. The van der Waals surface area contributed by atoms with Gasteiger partial charge >= 0.3 is 0 Å². The molecule has 0 fully saturated rings. The number of aromatic hydroxyl groups is 1. The number of carbonyl (C=O) groups excluding carboxylic acids is 2. The lowest BCUT2D eigenvalue weighted by molar-refractivity contribution is -0.118. The summed E-state index contributed by atoms with van der Waals surface area (Å²) in [6.07, 6.45) is 0.497. The number of benzene rings is 2. The standard InChI is InChI=1S/C20H24N2O3/c1-13(2)12-17(20(25)21-16-10-6-7-11-18(16)23)22-19(24)15-9-5-4-8-14(15)3/h4-11,13,17,23H,12H2,1-3H3,(H,21,25)(H,22,24). The van der Waals surface area contributed by atoms with Crippen LogP contribution in [-0.4, -0.2) is 23.0 Å². The van der Waals surface area contributed by atoms with Gasteiger partial charge in [0.25, 0.3) is 5.91 Å². The number of hydrogen-bond donors (Lipinski definition) is 3. The first kappa shape index (κ1) is 18.5. The molecule has 0 aliphatic carbocycles. The van der Waals surface area contributed by atoms with E-state index in [1.165, 1.54) is 6.07 Å². The van der Waals surface area contributed by atoms with E-state index in [0.29, 0.717) is 17.7 Å². The molecule has 2 aromatic carbocycles. The highest BCUT2D eigenvalue weighted by Crippen LogP contribution is 2.22. The van der Waals surface area contributed by atoms with Gasteiger partial charge in [-0.3, -0.25) is 9.59 Å². The molecule has 2 rings (SSSR count). The SMILES string of the molecule is Cc1ccccc1C(=O)NC(CC(C)C)C(=O)Nc1ccccc1O. The minimum atomic E-state index is -0.688. The van der Waals surface area contributed by atoms with Crippen molar-refractivity contribution < 1.29 is 14.7 Å². The second-order valence-corrected chi connectivity index (χ2v) is 6.48. The maximum absolute atomic E-state index is 12.6. The number of rotatable bonds is 6. The summed E-state index contributed by atoms with van der Waals surface area (Å²) in [4.78, 5) is 25.2. The van der Waals surface area contributed by atoms with E-state index >= 15 is 0 Å². The fourth-order valence-corrected chi connectivity index (χ4v) is 2.57. The number of hydrogen-bond acceptors (Lipinski definition) is 3. The molecule has 5 nitrogen and oxygen atoms in total. The van der Waals surface area contributed by atoms with Crippen molar-refractivity contribution in [1.82, 2.24) is 5.32 Å². The number of nitrogens with one attached hydrogen (secondary N) is 2. The van der Waals surface area contributed by atoms with Crippen LogP contribution in [0.15, 0.2) is 48.5 Å².